The molecule has 0 atom stereocenters. The molecule has 4 aromatic carbocycles. The van der Waals surface area contributed by atoms with Gasteiger partial charge in [0.25, 0.3) is 0 Å². The number of pyridine rings is 2. The molecule has 0 spiro atoms. The van der Waals surface area contributed by atoms with E-state index in [0.717, 1.165) is 0 Å². The average molecular weight is 879 g/mol. The SMILES string of the molecule is [2H]C([2H])([2H])c1c[c-]c(-c2ccc(C([2H])([2H])C(C)(C)C)cn2)cc1.[2H]C([2H])([2H])c1ccc2c(c1)oc1c(-c3cc(-c4ccc(C([2H])([2H])C(C)(C)C)cc4C([2H])([2H])[2H])c(C([2H])([2H])[2H])cn3)[c-]ccc12.[Ir]. The van der Waals surface area contributed by atoms with Gasteiger partial charge in [0.2, 0.25) is 0 Å². The molecule has 7 aromatic rings. The van der Waals surface area contributed by atoms with Crippen molar-refractivity contribution in [2.45, 2.75) is 81.7 Å². The van der Waals surface area contributed by atoms with E-state index in [-0.39, 0.29) is 64.7 Å². The maximum absolute atomic E-state index is 8.69. The predicted molar refractivity (Wildman–Crippen MR) is 215 cm³/mol. The summed E-state index contributed by atoms with van der Waals surface area (Å²) >= 11 is 0. The van der Waals surface area contributed by atoms with E-state index in [0.29, 0.717) is 44.3 Å². The summed E-state index contributed by atoms with van der Waals surface area (Å²) in [5.74, 6) is 0. The zero-order valence-electron chi connectivity index (χ0n) is 45.9. The Morgan fingerprint density at radius 1 is 0.654 bits per heavy atom. The molecule has 3 heterocycles. The third kappa shape index (κ3) is 9.34. The fraction of sp³-hybridized carbons (Fsp3) is 0.292. The van der Waals surface area contributed by atoms with Crippen LogP contribution in [-0.2, 0) is 32.9 Å². The van der Waals surface area contributed by atoms with E-state index in [1.807, 2.05) is 20.8 Å². The van der Waals surface area contributed by atoms with Crippen LogP contribution < -0.4 is 0 Å². The molecule has 0 saturated heterocycles. The second kappa shape index (κ2) is 15.7. The van der Waals surface area contributed by atoms with Crippen LogP contribution in [0.2, 0.25) is 0 Å². The van der Waals surface area contributed by atoms with Crippen LogP contribution in [0.3, 0.4) is 0 Å². The van der Waals surface area contributed by atoms with Crippen LogP contribution in [0.5, 0.6) is 0 Å². The van der Waals surface area contributed by atoms with Gasteiger partial charge in [-0.05, 0) is 101 Å². The van der Waals surface area contributed by atoms with Crippen molar-refractivity contribution in [3.8, 4) is 33.6 Å². The Labute approximate surface area is 346 Å². The number of aromatic nitrogens is 2. The van der Waals surface area contributed by atoms with Crippen molar-refractivity contribution < 1.29 is 46.5 Å². The molecule has 0 bridgehead atoms. The van der Waals surface area contributed by atoms with Crippen LogP contribution in [0, 0.1) is 50.4 Å². The molecule has 0 aliphatic carbocycles. The zero-order chi connectivity index (χ0) is 50.1. The van der Waals surface area contributed by atoms with Gasteiger partial charge >= 0.3 is 0 Å². The van der Waals surface area contributed by atoms with E-state index in [2.05, 4.69) is 22.1 Å². The Bertz CT molecular complexity index is 2920. The van der Waals surface area contributed by atoms with Crippen LogP contribution in [0.1, 0.15) is 96.9 Å². The summed E-state index contributed by atoms with van der Waals surface area (Å²) < 4.78 is 135. The monoisotopic (exact) mass is 879 g/mol. The topological polar surface area (TPSA) is 38.9 Å². The van der Waals surface area contributed by atoms with Gasteiger partial charge < -0.3 is 14.4 Å². The van der Waals surface area contributed by atoms with Crippen LogP contribution in [-0.4, -0.2) is 9.97 Å². The third-order valence-electron chi connectivity index (χ3n) is 7.79. The van der Waals surface area contributed by atoms with Crippen molar-refractivity contribution in [3.63, 3.8) is 0 Å². The molecule has 1 radical (unpaired) electrons. The first-order valence-corrected chi connectivity index (χ1v) is 16.6. The molecule has 0 N–H and O–H groups in total. The average Bonchev–Trinajstić information content (AvgIpc) is 3.60. The molecule has 0 unspecified atom stereocenters. The number of hydrogen-bond donors (Lipinski definition) is 0. The minimum Gasteiger partial charge on any atom is -0.501 e. The molecular weight excluding hydrogens is 813 g/mol. The molecule has 4 heteroatoms. The van der Waals surface area contributed by atoms with Gasteiger partial charge in [-0.2, -0.15) is 0 Å². The molecule has 3 aromatic heterocycles. The van der Waals surface area contributed by atoms with Crippen molar-refractivity contribution in [3.05, 3.63) is 143 Å². The van der Waals surface area contributed by atoms with Crippen molar-refractivity contribution >= 4 is 21.9 Å². The van der Waals surface area contributed by atoms with Gasteiger partial charge in [-0.3, -0.25) is 0 Å². The number of hydrogen-bond acceptors (Lipinski definition) is 3. The van der Waals surface area contributed by atoms with Crippen molar-refractivity contribution in [2.75, 3.05) is 0 Å². The normalized spacial score (nSPS) is 17.7. The number of aryl methyl sites for hydroxylation is 4. The van der Waals surface area contributed by atoms with E-state index >= 15 is 0 Å². The molecule has 0 aliphatic heterocycles. The van der Waals surface area contributed by atoms with Gasteiger partial charge in [-0.25, -0.2) is 0 Å². The summed E-state index contributed by atoms with van der Waals surface area (Å²) in [5.41, 5.74) is 2.19. The Morgan fingerprint density at radius 3 is 2.06 bits per heavy atom. The van der Waals surface area contributed by atoms with Gasteiger partial charge in [0.05, 0.1) is 5.58 Å². The van der Waals surface area contributed by atoms with Crippen LogP contribution >= 0.6 is 0 Å². The van der Waals surface area contributed by atoms with Crippen LogP contribution in [0.15, 0.2) is 102 Å². The van der Waals surface area contributed by atoms with E-state index in [4.69, 9.17) is 26.3 Å². The molecular formula is C48H50IrN2O-2. The summed E-state index contributed by atoms with van der Waals surface area (Å²) in [5, 5.41) is 1.35. The zero-order valence-corrected chi connectivity index (χ0v) is 32.3. The molecule has 0 fully saturated rings. The molecule has 7 rings (SSSR count). The third-order valence-corrected chi connectivity index (χ3v) is 7.79. The minimum atomic E-state index is -2.69. The molecule has 269 valence electrons. The molecule has 0 aliphatic rings. The number of rotatable bonds is 5. The fourth-order valence-corrected chi connectivity index (χ4v) is 5.68. The maximum atomic E-state index is 8.69. The first-order valence-electron chi connectivity index (χ1n) is 24.6. The van der Waals surface area contributed by atoms with E-state index in [1.54, 1.807) is 63.2 Å². The second-order valence-corrected chi connectivity index (χ2v) is 14.5. The van der Waals surface area contributed by atoms with Crippen molar-refractivity contribution in [1.82, 2.24) is 9.97 Å². The Kier molecular flexibility index (Phi) is 6.84. The predicted octanol–water partition coefficient (Wildman–Crippen LogP) is 13.1. The Morgan fingerprint density at radius 2 is 1.38 bits per heavy atom. The van der Waals surface area contributed by atoms with Gasteiger partial charge in [0.1, 0.15) is 5.58 Å². The summed E-state index contributed by atoms with van der Waals surface area (Å²) in [6.45, 7) is 0.894. The van der Waals surface area contributed by atoms with Crippen molar-refractivity contribution in [2.24, 2.45) is 10.8 Å². The first kappa shape index (κ1) is 22.6. The standard InChI is InChI=1S/C31H30NO.C17H20N.Ir/c1-19-10-12-24-25-8-7-9-26(30(25)33-29(24)14-19)28-16-27(21(3)18-32-28)23-13-11-22(15-20(23)2)17-31(4,5)6;1-13-5-8-15(9-6-13)16-10-7-14(12-18-16)11-17(2,3)4;/h7-8,10-16,18H,17H2,1-6H3;5-8,10,12H,11H2,1-4H3;/q2*-1;/i1D3,2D3,3D3,17D2;1D3,11D2;. The number of nitrogens with zero attached hydrogens (tertiary/aromatic N) is 2. The van der Waals surface area contributed by atoms with Gasteiger partial charge in [0, 0.05) is 59.8 Å². The van der Waals surface area contributed by atoms with Gasteiger partial charge in [-0.15, -0.1) is 53.6 Å². The molecule has 3 nitrogen and oxygen atoms in total. The molecule has 0 amide bonds. The number of furan rings is 1. The Balaban J connectivity index is 0.000000304. The number of benzene rings is 4. The van der Waals surface area contributed by atoms with E-state index in [9.17, 15) is 0 Å². The summed E-state index contributed by atoms with van der Waals surface area (Å²) in [6.07, 6.45) is -0.655. The quantitative estimate of drug-likeness (QED) is 0.162. The Hall–Kier alpha value is -4.37. The van der Waals surface area contributed by atoms with E-state index < -0.39 is 51.0 Å². The maximum Gasteiger partial charge on any atom is 0.121 e. The van der Waals surface area contributed by atoms with Gasteiger partial charge in [-0.1, -0.05) is 108 Å². The van der Waals surface area contributed by atoms with Crippen molar-refractivity contribution in [1.29, 1.82) is 0 Å². The molecule has 0 saturated carbocycles. The minimum absolute atomic E-state index is 0. The summed E-state index contributed by atoms with van der Waals surface area (Å²) in [7, 11) is 0. The second-order valence-electron chi connectivity index (χ2n) is 14.5. The smallest absolute Gasteiger partial charge is 0.121 e. The molecule has 52 heavy (non-hydrogen) atoms. The van der Waals surface area contributed by atoms with E-state index in [1.165, 1.54) is 54.9 Å². The summed E-state index contributed by atoms with van der Waals surface area (Å²) in [6, 6.07) is 27.9. The fourth-order valence-electron chi connectivity index (χ4n) is 5.68. The summed E-state index contributed by atoms with van der Waals surface area (Å²) in [4.78, 5) is 8.73. The number of fused-ring (bicyclic) bond motifs is 3. The van der Waals surface area contributed by atoms with Gasteiger partial charge in [0.15, 0.2) is 0 Å². The first-order chi connectivity index (χ1) is 30.5. The largest absolute Gasteiger partial charge is 0.501 e. The van der Waals surface area contributed by atoms with Crippen LogP contribution in [0.25, 0.3) is 55.6 Å². The van der Waals surface area contributed by atoms with Crippen LogP contribution in [0.4, 0.5) is 0 Å².